The molecule has 4 rings (SSSR count). The lowest BCUT2D eigenvalue weighted by Crippen LogP contribution is -2.46. The SMILES string of the molecule is OC1(CN2CCC(c3ccn4nccc4n3)CC2)CCCCC1. The van der Waals surface area contributed by atoms with Crippen molar-refractivity contribution in [3.63, 3.8) is 0 Å². The Balaban J connectivity index is 1.36. The van der Waals surface area contributed by atoms with Crippen molar-refractivity contribution in [2.75, 3.05) is 19.6 Å². The van der Waals surface area contributed by atoms with E-state index < -0.39 is 5.60 Å². The van der Waals surface area contributed by atoms with Crippen molar-refractivity contribution >= 4 is 5.65 Å². The van der Waals surface area contributed by atoms with Gasteiger partial charge >= 0.3 is 0 Å². The van der Waals surface area contributed by atoms with E-state index in [1.54, 1.807) is 6.20 Å². The zero-order valence-corrected chi connectivity index (χ0v) is 13.7. The van der Waals surface area contributed by atoms with Gasteiger partial charge in [-0.25, -0.2) is 9.50 Å². The minimum absolute atomic E-state index is 0.431. The van der Waals surface area contributed by atoms with E-state index >= 15 is 0 Å². The first-order chi connectivity index (χ1) is 11.2. The molecule has 0 aromatic carbocycles. The number of β-amino-alcohol motifs (C(OH)–C–C–N with tert-alkyl or cyclic N) is 1. The molecule has 1 saturated heterocycles. The summed E-state index contributed by atoms with van der Waals surface area (Å²) >= 11 is 0. The molecule has 1 aliphatic carbocycles. The molecule has 2 aromatic heterocycles. The summed E-state index contributed by atoms with van der Waals surface area (Å²) < 4.78 is 1.82. The fourth-order valence-electron chi connectivity index (χ4n) is 4.23. The molecule has 2 aliphatic rings. The summed E-state index contributed by atoms with van der Waals surface area (Å²) in [6.45, 7) is 2.99. The lowest BCUT2D eigenvalue weighted by molar-refractivity contribution is -0.0308. The maximum Gasteiger partial charge on any atom is 0.155 e. The molecule has 3 heterocycles. The molecule has 1 saturated carbocycles. The standard InChI is InChI=1S/C18H26N4O/c23-18(8-2-1-3-9-18)14-21-11-5-15(6-12-21)16-7-13-22-17(20-16)4-10-19-22/h4,7,10,13,15,23H,1-3,5-6,8-9,11-12,14H2. The highest BCUT2D eigenvalue weighted by atomic mass is 16.3. The maximum atomic E-state index is 10.7. The van der Waals surface area contributed by atoms with Crippen LogP contribution in [0.1, 0.15) is 56.6 Å². The van der Waals surface area contributed by atoms with Crippen LogP contribution in [0.2, 0.25) is 0 Å². The molecule has 5 heteroatoms. The average molecular weight is 314 g/mol. The maximum absolute atomic E-state index is 10.7. The predicted molar refractivity (Wildman–Crippen MR) is 89.4 cm³/mol. The van der Waals surface area contributed by atoms with Crippen molar-refractivity contribution in [2.24, 2.45) is 0 Å². The van der Waals surface area contributed by atoms with Crippen molar-refractivity contribution in [3.05, 3.63) is 30.2 Å². The average Bonchev–Trinajstić information content (AvgIpc) is 3.03. The molecule has 0 spiro atoms. The number of aliphatic hydroxyl groups is 1. The van der Waals surface area contributed by atoms with Gasteiger partial charge in [0.2, 0.25) is 0 Å². The second-order valence-corrected chi connectivity index (χ2v) is 7.32. The fourth-order valence-corrected chi connectivity index (χ4v) is 4.23. The number of hydrogen-bond donors (Lipinski definition) is 1. The highest BCUT2D eigenvalue weighted by molar-refractivity contribution is 5.37. The van der Waals surface area contributed by atoms with Gasteiger partial charge in [0.1, 0.15) is 0 Å². The van der Waals surface area contributed by atoms with Crippen LogP contribution in [0.3, 0.4) is 0 Å². The van der Waals surface area contributed by atoms with E-state index in [2.05, 4.69) is 16.1 Å². The minimum Gasteiger partial charge on any atom is -0.389 e. The molecule has 124 valence electrons. The van der Waals surface area contributed by atoms with Gasteiger partial charge in [0.15, 0.2) is 5.65 Å². The Kier molecular flexibility index (Phi) is 4.07. The topological polar surface area (TPSA) is 53.7 Å². The van der Waals surface area contributed by atoms with Crippen LogP contribution in [0.4, 0.5) is 0 Å². The summed E-state index contributed by atoms with van der Waals surface area (Å²) in [6.07, 6.45) is 11.7. The third-order valence-electron chi connectivity index (χ3n) is 5.59. The number of hydrogen-bond acceptors (Lipinski definition) is 4. The molecule has 1 N–H and O–H groups in total. The van der Waals surface area contributed by atoms with Crippen LogP contribution < -0.4 is 0 Å². The lowest BCUT2D eigenvalue weighted by atomic mass is 9.83. The Bertz CT molecular complexity index is 654. The number of nitrogens with zero attached hydrogens (tertiary/aromatic N) is 4. The molecule has 2 aromatic rings. The summed E-state index contributed by atoms with van der Waals surface area (Å²) in [5.74, 6) is 0.534. The van der Waals surface area contributed by atoms with Crippen molar-refractivity contribution in [2.45, 2.75) is 56.5 Å². The molecule has 0 radical (unpaired) electrons. The second kappa shape index (κ2) is 6.21. The van der Waals surface area contributed by atoms with E-state index in [0.717, 1.165) is 51.0 Å². The molecular formula is C18H26N4O. The van der Waals surface area contributed by atoms with Crippen LogP contribution in [-0.4, -0.2) is 49.8 Å². The third-order valence-corrected chi connectivity index (χ3v) is 5.59. The van der Waals surface area contributed by atoms with Gasteiger partial charge in [-0.05, 0) is 44.8 Å². The second-order valence-electron chi connectivity index (χ2n) is 7.32. The van der Waals surface area contributed by atoms with Crippen LogP contribution in [0.15, 0.2) is 24.5 Å². The quantitative estimate of drug-likeness (QED) is 0.946. The first kappa shape index (κ1) is 15.1. The predicted octanol–water partition coefficient (Wildman–Crippen LogP) is 2.60. The van der Waals surface area contributed by atoms with Gasteiger partial charge in [0, 0.05) is 30.4 Å². The van der Waals surface area contributed by atoms with Gasteiger partial charge in [-0.15, -0.1) is 0 Å². The molecule has 0 atom stereocenters. The number of likely N-dealkylation sites (tertiary alicyclic amines) is 1. The van der Waals surface area contributed by atoms with Gasteiger partial charge in [-0.3, -0.25) is 0 Å². The van der Waals surface area contributed by atoms with Gasteiger partial charge in [0.05, 0.1) is 11.8 Å². The van der Waals surface area contributed by atoms with Crippen LogP contribution >= 0.6 is 0 Å². The summed E-state index contributed by atoms with van der Waals surface area (Å²) in [5.41, 5.74) is 1.69. The van der Waals surface area contributed by atoms with Crippen LogP contribution in [-0.2, 0) is 0 Å². The molecule has 5 nitrogen and oxygen atoms in total. The monoisotopic (exact) mass is 314 g/mol. The van der Waals surface area contributed by atoms with Crippen molar-refractivity contribution in [1.29, 1.82) is 0 Å². The van der Waals surface area contributed by atoms with Crippen LogP contribution in [0.25, 0.3) is 5.65 Å². The minimum atomic E-state index is -0.431. The molecule has 2 fully saturated rings. The number of rotatable bonds is 3. The molecule has 0 bridgehead atoms. The summed E-state index contributed by atoms with van der Waals surface area (Å²) in [5, 5.41) is 14.9. The van der Waals surface area contributed by atoms with Gasteiger partial charge < -0.3 is 10.0 Å². The molecule has 0 unspecified atom stereocenters. The smallest absolute Gasteiger partial charge is 0.155 e. The third kappa shape index (κ3) is 3.26. The van der Waals surface area contributed by atoms with Crippen molar-refractivity contribution < 1.29 is 5.11 Å². The Morgan fingerprint density at radius 1 is 1.13 bits per heavy atom. The van der Waals surface area contributed by atoms with Gasteiger partial charge in [-0.1, -0.05) is 19.3 Å². The molecular weight excluding hydrogens is 288 g/mol. The zero-order chi connectivity index (χ0) is 15.7. The van der Waals surface area contributed by atoms with Crippen LogP contribution in [0.5, 0.6) is 0 Å². The summed E-state index contributed by atoms with van der Waals surface area (Å²) in [6, 6.07) is 4.06. The van der Waals surface area contributed by atoms with E-state index in [1.165, 1.54) is 25.0 Å². The Labute approximate surface area is 137 Å². The largest absolute Gasteiger partial charge is 0.389 e. The highest BCUT2D eigenvalue weighted by Gasteiger charge is 2.33. The van der Waals surface area contributed by atoms with Crippen molar-refractivity contribution in [3.8, 4) is 0 Å². The van der Waals surface area contributed by atoms with E-state index in [1.807, 2.05) is 16.8 Å². The van der Waals surface area contributed by atoms with Gasteiger partial charge in [-0.2, -0.15) is 5.10 Å². The lowest BCUT2D eigenvalue weighted by Gasteiger charge is -2.39. The molecule has 1 aliphatic heterocycles. The normalized spacial score (nSPS) is 23.3. The highest BCUT2D eigenvalue weighted by Crippen LogP contribution is 2.32. The molecule has 0 amide bonds. The Hall–Kier alpha value is -1.46. The first-order valence-electron chi connectivity index (χ1n) is 8.97. The van der Waals surface area contributed by atoms with Crippen molar-refractivity contribution in [1.82, 2.24) is 19.5 Å². The Morgan fingerprint density at radius 3 is 2.70 bits per heavy atom. The molecule has 23 heavy (non-hydrogen) atoms. The van der Waals surface area contributed by atoms with E-state index in [4.69, 9.17) is 4.98 Å². The number of fused-ring (bicyclic) bond motifs is 1. The number of piperidine rings is 1. The Morgan fingerprint density at radius 2 is 1.91 bits per heavy atom. The zero-order valence-electron chi connectivity index (χ0n) is 13.7. The van der Waals surface area contributed by atoms with Crippen LogP contribution in [0, 0.1) is 0 Å². The van der Waals surface area contributed by atoms with Gasteiger partial charge in [0.25, 0.3) is 0 Å². The number of aromatic nitrogens is 3. The summed E-state index contributed by atoms with van der Waals surface area (Å²) in [4.78, 5) is 7.20. The van der Waals surface area contributed by atoms with E-state index in [-0.39, 0.29) is 0 Å². The first-order valence-corrected chi connectivity index (χ1v) is 8.97. The van der Waals surface area contributed by atoms with E-state index in [0.29, 0.717) is 5.92 Å². The fraction of sp³-hybridized carbons (Fsp3) is 0.667. The van der Waals surface area contributed by atoms with E-state index in [9.17, 15) is 5.11 Å². The summed E-state index contributed by atoms with van der Waals surface area (Å²) in [7, 11) is 0.